The number of amides is 1. The lowest BCUT2D eigenvalue weighted by molar-refractivity contribution is -0.124. The van der Waals surface area contributed by atoms with Crippen LogP contribution >= 0.6 is 0 Å². The van der Waals surface area contributed by atoms with E-state index in [1.54, 1.807) is 6.20 Å². The van der Waals surface area contributed by atoms with Gasteiger partial charge in [-0.25, -0.2) is 0 Å². The molecule has 1 heterocycles. The van der Waals surface area contributed by atoms with Crippen molar-refractivity contribution in [1.82, 2.24) is 10.3 Å². The van der Waals surface area contributed by atoms with Crippen LogP contribution in [0.2, 0.25) is 0 Å². The fourth-order valence-corrected chi connectivity index (χ4v) is 1.52. The molecule has 0 aliphatic carbocycles. The largest absolute Gasteiger partial charge is 0.352 e. The average Bonchev–Trinajstić information content (AvgIpc) is 2.34. The lowest BCUT2D eigenvalue weighted by Crippen LogP contribution is -2.29. The number of hydrogen-bond donors (Lipinski definition) is 2. The van der Waals surface area contributed by atoms with Crippen LogP contribution in [0.5, 0.6) is 0 Å². The van der Waals surface area contributed by atoms with E-state index >= 15 is 0 Å². The molecule has 94 valence electrons. The van der Waals surface area contributed by atoms with Crippen molar-refractivity contribution >= 4 is 5.91 Å². The molecular weight excluding hydrogens is 214 g/mol. The van der Waals surface area contributed by atoms with E-state index in [9.17, 15) is 4.79 Å². The Morgan fingerprint density at radius 2 is 2.29 bits per heavy atom. The fourth-order valence-electron chi connectivity index (χ4n) is 1.52. The third-order valence-corrected chi connectivity index (χ3v) is 2.73. The number of nitrogens with two attached hydrogens (primary N) is 1. The van der Waals surface area contributed by atoms with E-state index in [0.717, 1.165) is 24.1 Å². The van der Waals surface area contributed by atoms with Gasteiger partial charge >= 0.3 is 0 Å². The number of rotatable bonds is 6. The van der Waals surface area contributed by atoms with Crippen LogP contribution in [-0.2, 0) is 11.3 Å². The van der Waals surface area contributed by atoms with Crippen LogP contribution in [0.1, 0.15) is 31.0 Å². The molecule has 0 saturated heterocycles. The van der Waals surface area contributed by atoms with Crippen LogP contribution in [0.3, 0.4) is 0 Å². The van der Waals surface area contributed by atoms with Gasteiger partial charge in [-0.1, -0.05) is 13.0 Å². The van der Waals surface area contributed by atoms with Crippen molar-refractivity contribution in [2.45, 2.75) is 33.2 Å². The first-order valence-electron chi connectivity index (χ1n) is 6.02. The van der Waals surface area contributed by atoms with Crippen LogP contribution in [0.4, 0.5) is 0 Å². The smallest absolute Gasteiger partial charge is 0.223 e. The Kier molecular flexibility index (Phi) is 5.63. The molecule has 0 radical (unpaired) electrons. The first-order valence-corrected chi connectivity index (χ1v) is 6.02. The molecule has 4 nitrogen and oxygen atoms in total. The Morgan fingerprint density at radius 1 is 1.53 bits per heavy atom. The maximum absolute atomic E-state index is 11.7. The summed E-state index contributed by atoms with van der Waals surface area (Å²) in [6, 6.07) is 3.92. The molecule has 1 unspecified atom stereocenters. The Bertz CT molecular complexity index is 348. The Labute approximate surface area is 103 Å². The SMILES string of the molecule is Cc1ccc(CNC(=O)C(C)CCCN)cn1. The molecule has 1 aromatic heterocycles. The monoisotopic (exact) mass is 235 g/mol. The highest BCUT2D eigenvalue weighted by molar-refractivity contribution is 5.78. The quantitative estimate of drug-likeness (QED) is 0.782. The summed E-state index contributed by atoms with van der Waals surface area (Å²) in [5, 5.41) is 2.91. The Morgan fingerprint density at radius 3 is 2.88 bits per heavy atom. The number of nitrogens with one attached hydrogen (secondary N) is 1. The van der Waals surface area contributed by atoms with Gasteiger partial charge in [-0.3, -0.25) is 9.78 Å². The summed E-state index contributed by atoms with van der Waals surface area (Å²) in [5.41, 5.74) is 7.42. The standard InChI is InChI=1S/C13H21N3O/c1-10(4-3-7-14)13(17)16-9-12-6-5-11(2)15-8-12/h5-6,8,10H,3-4,7,9,14H2,1-2H3,(H,16,17). The maximum Gasteiger partial charge on any atom is 0.223 e. The minimum atomic E-state index is 0.0250. The molecule has 1 amide bonds. The molecule has 4 heteroatoms. The topological polar surface area (TPSA) is 68.0 Å². The van der Waals surface area contributed by atoms with Gasteiger partial charge < -0.3 is 11.1 Å². The Hall–Kier alpha value is -1.42. The molecule has 1 atom stereocenters. The summed E-state index contributed by atoms with van der Waals surface area (Å²) < 4.78 is 0. The van der Waals surface area contributed by atoms with Crippen molar-refractivity contribution in [3.8, 4) is 0 Å². The van der Waals surface area contributed by atoms with Crippen LogP contribution in [-0.4, -0.2) is 17.4 Å². The third kappa shape index (κ3) is 4.95. The van der Waals surface area contributed by atoms with E-state index in [-0.39, 0.29) is 11.8 Å². The highest BCUT2D eigenvalue weighted by atomic mass is 16.1. The summed E-state index contributed by atoms with van der Waals surface area (Å²) >= 11 is 0. The van der Waals surface area contributed by atoms with Crippen molar-refractivity contribution in [2.24, 2.45) is 11.7 Å². The van der Waals surface area contributed by atoms with E-state index in [2.05, 4.69) is 10.3 Å². The van der Waals surface area contributed by atoms with Crippen molar-refractivity contribution in [2.75, 3.05) is 6.54 Å². The number of hydrogen-bond acceptors (Lipinski definition) is 3. The molecule has 0 fully saturated rings. The molecule has 17 heavy (non-hydrogen) atoms. The van der Waals surface area contributed by atoms with Crippen LogP contribution in [0.25, 0.3) is 0 Å². The van der Waals surface area contributed by atoms with Crippen molar-refractivity contribution in [3.05, 3.63) is 29.6 Å². The molecule has 0 saturated carbocycles. The second kappa shape index (κ2) is 7.01. The molecule has 0 aromatic carbocycles. The van der Waals surface area contributed by atoms with Gasteiger partial charge in [0.1, 0.15) is 0 Å². The Balaban J connectivity index is 2.34. The summed E-state index contributed by atoms with van der Waals surface area (Å²) in [5.74, 6) is 0.107. The molecule has 3 N–H and O–H groups in total. The van der Waals surface area contributed by atoms with E-state index < -0.39 is 0 Å². The maximum atomic E-state index is 11.7. The fraction of sp³-hybridized carbons (Fsp3) is 0.538. The number of nitrogens with zero attached hydrogens (tertiary/aromatic N) is 1. The predicted molar refractivity (Wildman–Crippen MR) is 68.3 cm³/mol. The zero-order valence-electron chi connectivity index (χ0n) is 10.6. The number of aryl methyl sites for hydroxylation is 1. The second-order valence-electron chi connectivity index (χ2n) is 4.36. The number of aromatic nitrogens is 1. The van der Waals surface area contributed by atoms with Gasteiger partial charge in [0.2, 0.25) is 5.91 Å². The molecular formula is C13H21N3O. The van der Waals surface area contributed by atoms with Crippen molar-refractivity contribution in [3.63, 3.8) is 0 Å². The highest BCUT2D eigenvalue weighted by Gasteiger charge is 2.11. The third-order valence-electron chi connectivity index (χ3n) is 2.73. The van der Waals surface area contributed by atoms with E-state index in [1.807, 2.05) is 26.0 Å². The zero-order chi connectivity index (χ0) is 12.7. The summed E-state index contributed by atoms with van der Waals surface area (Å²) in [4.78, 5) is 15.9. The lowest BCUT2D eigenvalue weighted by Gasteiger charge is -2.11. The normalized spacial score (nSPS) is 12.2. The number of pyridine rings is 1. The molecule has 0 aliphatic heterocycles. The van der Waals surface area contributed by atoms with Gasteiger partial charge in [-0.05, 0) is 37.9 Å². The van der Waals surface area contributed by atoms with E-state index in [4.69, 9.17) is 5.73 Å². The minimum absolute atomic E-state index is 0.0250. The van der Waals surface area contributed by atoms with Crippen LogP contribution < -0.4 is 11.1 Å². The molecule has 0 bridgehead atoms. The van der Waals surface area contributed by atoms with Gasteiger partial charge in [0.15, 0.2) is 0 Å². The summed E-state index contributed by atoms with van der Waals surface area (Å²) in [7, 11) is 0. The van der Waals surface area contributed by atoms with Crippen molar-refractivity contribution in [1.29, 1.82) is 0 Å². The van der Waals surface area contributed by atoms with Crippen LogP contribution in [0.15, 0.2) is 18.3 Å². The predicted octanol–water partition coefficient (Wildman–Crippen LogP) is 1.38. The van der Waals surface area contributed by atoms with E-state index in [0.29, 0.717) is 13.1 Å². The second-order valence-corrected chi connectivity index (χ2v) is 4.36. The average molecular weight is 235 g/mol. The first-order chi connectivity index (χ1) is 8.13. The van der Waals surface area contributed by atoms with Gasteiger partial charge in [-0.15, -0.1) is 0 Å². The van der Waals surface area contributed by atoms with Crippen molar-refractivity contribution < 1.29 is 4.79 Å². The van der Waals surface area contributed by atoms with E-state index in [1.165, 1.54) is 0 Å². The van der Waals surface area contributed by atoms with Crippen LogP contribution in [0, 0.1) is 12.8 Å². The molecule has 0 aliphatic rings. The summed E-state index contributed by atoms with van der Waals surface area (Å²) in [6.45, 7) is 5.05. The highest BCUT2D eigenvalue weighted by Crippen LogP contribution is 2.05. The summed E-state index contributed by atoms with van der Waals surface area (Å²) in [6.07, 6.45) is 3.52. The minimum Gasteiger partial charge on any atom is -0.352 e. The first kappa shape index (κ1) is 13.6. The number of carbonyl (C=O) groups is 1. The number of carbonyl (C=O) groups excluding carboxylic acids is 1. The lowest BCUT2D eigenvalue weighted by atomic mass is 10.0. The molecule has 1 aromatic rings. The van der Waals surface area contributed by atoms with Gasteiger partial charge in [0.05, 0.1) is 0 Å². The molecule has 1 rings (SSSR count). The molecule has 0 spiro atoms. The van der Waals surface area contributed by atoms with Gasteiger partial charge in [0, 0.05) is 24.4 Å². The van der Waals surface area contributed by atoms with Gasteiger partial charge in [0.25, 0.3) is 0 Å². The van der Waals surface area contributed by atoms with Gasteiger partial charge in [-0.2, -0.15) is 0 Å². The zero-order valence-corrected chi connectivity index (χ0v) is 10.6.